The first-order chi connectivity index (χ1) is 10.2. The number of rotatable bonds is 6. The Balaban J connectivity index is 1.72. The minimum atomic E-state index is 0.0192. The second-order valence-electron chi connectivity index (χ2n) is 5.06. The predicted octanol–water partition coefficient (Wildman–Crippen LogP) is 4.10. The molecule has 0 fully saturated rings. The fourth-order valence-corrected chi connectivity index (χ4v) is 2.04. The lowest BCUT2D eigenvalue weighted by Crippen LogP contribution is -2.12. The van der Waals surface area contributed by atoms with Crippen molar-refractivity contribution in [3.63, 3.8) is 0 Å². The smallest absolute Gasteiger partial charge is 0.224 e. The van der Waals surface area contributed by atoms with Crippen LogP contribution in [-0.4, -0.2) is 12.5 Å². The lowest BCUT2D eigenvalue weighted by atomic mass is 10.1. The van der Waals surface area contributed by atoms with E-state index in [-0.39, 0.29) is 5.91 Å². The zero-order valence-corrected chi connectivity index (χ0v) is 12.6. The first kappa shape index (κ1) is 15.1. The molecule has 1 amide bonds. The fraction of sp³-hybridized carbons (Fsp3) is 0.278. The van der Waals surface area contributed by atoms with Crippen molar-refractivity contribution in [2.45, 2.75) is 26.7 Å². The third-order valence-electron chi connectivity index (χ3n) is 3.42. The summed E-state index contributed by atoms with van der Waals surface area (Å²) in [4.78, 5) is 11.8. The van der Waals surface area contributed by atoms with Gasteiger partial charge in [0.25, 0.3) is 0 Å². The minimum absolute atomic E-state index is 0.0192. The number of para-hydroxylation sites is 1. The molecule has 0 unspecified atom stereocenters. The maximum absolute atomic E-state index is 11.8. The third kappa shape index (κ3) is 4.63. The SMILES string of the molecule is Cc1cccc(OCCCC(=O)Nc2ccccc2)c1C. The van der Waals surface area contributed by atoms with E-state index in [1.165, 1.54) is 5.56 Å². The van der Waals surface area contributed by atoms with Gasteiger partial charge in [0.15, 0.2) is 0 Å². The zero-order chi connectivity index (χ0) is 15.1. The highest BCUT2D eigenvalue weighted by molar-refractivity contribution is 5.90. The number of anilines is 1. The molecule has 2 aromatic rings. The molecular formula is C18H21NO2. The van der Waals surface area contributed by atoms with Gasteiger partial charge in [-0.15, -0.1) is 0 Å². The van der Waals surface area contributed by atoms with Gasteiger partial charge in [-0.2, -0.15) is 0 Å². The third-order valence-corrected chi connectivity index (χ3v) is 3.42. The van der Waals surface area contributed by atoms with Crippen molar-refractivity contribution in [2.75, 3.05) is 11.9 Å². The van der Waals surface area contributed by atoms with Crippen molar-refractivity contribution < 1.29 is 9.53 Å². The molecule has 0 bridgehead atoms. The Morgan fingerprint density at radius 3 is 2.57 bits per heavy atom. The summed E-state index contributed by atoms with van der Waals surface area (Å²) in [7, 11) is 0. The van der Waals surface area contributed by atoms with E-state index in [0.29, 0.717) is 19.4 Å². The predicted molar refractivity (Wildman–Crippen MR) is 85.7 cm³/mol. The quantitative estimate of drug-likeness (QED) is 0.810. The summed E-state index contributed by atoms with van der Waals surface area (Å²) >= 11 is 0. The van der Waals surface area contributed by atoms with Crippen molar-refractivity contribution in [1.29, 1.82) is 0 Å². The molecule has 0 heterocycles. The molecular weight excluding hydrogens is 262 g/mol. The summed E-state index contributed by atoms with van der Waals surface area (Å²) < 4.78 is 5.74. The van der Waals surface area contributed by atoms with E-state index in [9.17, 15) is 4.79 Å². The molecule has 21 heavy (non-hydrogen) atoms. The maximum atomic E-state index is 11.8. The largest absolute Gasteiger partial charge is 0.493 e. The molecule has 0 aliphatic heterocycles. The highest BCUT2D eigenvalue weighted by Gasteiger charge is 2.04. The fourth-order valence-electron chi connectivity index (χ4n) is 2.04. The molecule has 0 atom stereocenters. The van der Waals surface area contributed by atoms with Gasteiger partial charge in [0.2, 0.25) is 5.91 Å². The van der Waals surface area contributed by atoms with E-state index in [0.717, 1.165) is 17.0 Å². The molecule has 2 aromatic carbocycles. The van der Waals surface area contributed by atoms with Gasteiger partial charge in [-0.1, -0.05) is 30.3 Å². The van der Waals surface area contributed by atoms with Crippen molar-refractivity contribution >= 4 is 11.6 Å². The molecule has 3 heteroatoms. The average Bonchev–Trinajstić information content (AvgIpc) is 2.49. The van der Waals surface area contributed by atoms with Crippen LogP contribution in [0.5, 0.6) is 5.75 Å². The number of hydrogen-bond donors (Lipinski definition) is 1. The Morgan fingerprint density at radius 1 is 1.05 bits per heavy atom. The van der Waals surface area contributed by atoms with Crippen LogP contribution in [0.3, 0.4) is 0 Å². The van der Waals surface area contributed by atoms with Crippen LogP contribution in [0, 0.1) is 13.8 Å². The second-order valence-corrected chi connectivity index (χ2v) is 5.06. The summed E-state index contributed by atoms with van der Waals surface area (Å²) in [5.41, 5.74) is 3.21. The Labute approximate surface area is 126 Å². The summed E-state index contributed by atoms with van der Waals surface area (Å²) in [5, 5.41) is 2.87. The molecule has 2 rings (SSSR count). The second kappa shape index (κ2) is 7.48. The maximum Gasteiger partial charge on any atom is 0.224 e. The van der Waals surface area contributed by atoms with E-state index in [4.69, 9.17) is 4.74 Å². The number of amides is 1. The number of hydrogen-bond acceptors (Lipinski definition) is 2. The van der Waals surface area contributed by atoms with Crippen LogP contribution in [0.25, 0.3) is 0 Å². The summed E-state index contributed by atoms with van der Waals surface area (Å²) in [5.74, 6) is 0.921. The Kier molecular flexibility index (Phi) is 5.38. The molecule has 110 valence electrons. The molecule has 1 N–H and O–H groups in total. The molecule has 0 spiro atoms. The van der Waals surface area contributed by atoms with E-state index >= 15 is 0 Å². The van der Waals surface area contributed by atoms with Crippen LogP contribution in [0.1, 0.15) is 24.0 Å². The number of ether oxygens (including phenoxy) is 1. The zero-order valence-electron chi connectivity index (χ0n) is 12.6. The highest BCUT2D eigenvalue weighted by atomic mass is 16.5. The van der Waals surface area contributed by atoms with Crippen LogP contribution in [0.2, 0.25) is 0 Å². The first-order valence-electron chi connectivity index (χ1n) is 7.21. The molecule has 3 nitrogen and oxygen atoms in total. The van der Waals surface area contributed by atoms with Gasteiger partial charge in [0.05, 0.1) is 6.61 Å². The van der Waals surface area contributed by atoms with Gasteiger partial charge in [0, 0.05) is 12.1 Å². The molecule has 0 aliphatic rings. The topological polar surface area (TPSA) is 38.3 Å². The number of carbonyl (C=O) groups is 1. The summed E-state index contributed by atoms with van der Waals surface area (Å²) in [6.45, 7) is 4.66. The first-order valence-corrected chi connectivity index (χ1v) is 7.21. The van der Waals surface area contributed by atoms with E-state index in [1.54, 1.807) is 0 Å². The Hall–Kier alpha value is -2.29. The van der Waals surface area contributed by atoms with Crippen molar-refractivity contribution in [1.82, 2.24) is 0 Å². The van der Waals surface area contributed by atoms with Crippen LogP contribution < -0.4 is 10.1 Å². The normalized spacial score (nSPS) is 10.2. The molecule has 0 saturated carbocycles. The van der Waals surface area contributed by atoms with Gasteiger partial charge in [-0.25, -0.2) is 0 Å². The number of benzene rings is 2. The van der Waals surface area contributed by atoms with E-state index in [1.807, 2.05) is 49.4 Å². The Bertz CT molecular complexity index is 593. The van der Waals surface area contributed by atoms with Crippen LogP contribution in [-0.2, 0) is 4.79 Å². The number of nitrogens with one attached hydrogen (secondary N) is 1. The molecule has 0 saturated heterocycles. The van der Waals surface area contributed by atoms with Crippen LogP contribution >= 0.6 is 0 Å². The standard InChI is InChI=1S/C18H21NO2/c1-14-8-6-11-17(15(14)2)21-13-7-12-18(20)19-16-9-4-3-5-10-16/h3-6,8-11H,7,12-13H2,1-2H3,(H,19,20). The van der Waals surface area contributed by atoms with Crippen LogP contribution in [0.15, 0.2) is 48.5 Å². The van der Waals surface area contributed by atoms with Gasteiger partial charge >= 0.3 is 0 Å². The lowest BCUT2D eigenvalue weighted by molar-refractivity contribution is -0.116. The van der Waals surface area contributed by atoms with E-state index < -0.39 is 0 Å². The molecule has 0 aliphatic carbocycles. The van der Waals surface area contributed by atoms with Crippen LogP contribution in [0.4, 0.5) is 5.69 Å². The molecule has 0 aromatic heterocycles. The summed E-state index contributed by atoms with van der Waals surface area (Å²) in [6, 6.07) is 15.5. The highest BCUT2D eigenvalue weighted by Crippen LogP contribution is 2.20. The number of carbonyl (C=O) groups excluding carboxylic acids is 1. The van der Waals surface area contributed by atoms with Crippen molar-refractivity contribution in [3.8, 4) is 5.75 Å². The van der Waals surface area contributed by atoms with E-state index in [2.05, 4.69) is 18.3 Å². The monoisotopic (exact) mass is 283 g/mol. The van der Waals surface area contributed by atoms with Gasteiger partial charge in [0.1, 0.15) is 5.75 Å². The van der Waals surface area contributed by atoms with Gasteiger partial charge < -0.3 is 10.1 Å². The van der Waals surface area contributed by atoms with Crippen molar-refractivity contribution in [2.24, 2.45) is 0 Å². The molecule has 0 radical (unpaired) electrons. The average molecular weight is 283 g/mol. The van der Waals surface area contributed by atoms with Crippen molar-refractivity contribution in [3.05, 3.63) is 59.7 Å². The number of aryl methyl sites for hydroxylation is 1. The lowest BCUT2D eigenvalue weighted by Gasteiger charge is -2.10. The summed E-state index contributed by atoms with van der Waals surface area (Å²) in [6.07, 6.45) is 1.16. The van der Waals surface area contributed by atoms with Gasteiger partial charge in [-0.05, 0) is 49.6 Å². The minimum Gasteiger partial charge on any atom is -0.493 e. The Morgan fingerprint density at radius 2 is 1.81 bits per heavy atom. The van der Waals surface area contributed by atoms with Gasteiger partial charge in [-0.3, -0.25) is 4.79 Å².